The van der Waals surface area contributed by atoms with Gasteiger partial charge in [-0.05, 0) is 67.9 Å². The molecule has 0 fully saturated rings. The largest absolute Gasteiger partial charge is 0.423 e. The first kappa shape index (κ1) is 21.4. The minimum absolute atomic E-state index is 0.379. The maximum Gasteiger partial charge on any atom is 0.343 e. The van der Waals surface area contributed by atoms with Crippen molar-refractivity contribution in [2.24, 2.45) is 5.10 Å². The number of amides is 2. The van der Waals surface area contributed by atoms with Crippen molar-refractivity contribution in [3.63, 3.8) is 0 Å². The maximum atomic E-state index is 12.1. The highest BCUT2D eigenvalue weighted by Crippen LogP contribution is 2.14. The lowest BCUT2D eigenvalue weighted by atomic mass is 10.1. The Labute approximate surface area is 179 Å². The summed E-state index contributed by atoms with van der Waals surface area (Å²) in [4.78, 5) is 35.9. The third kappa shape index (κ3) is 6.37. The Hall–Kier alpha value is -4.26. The number of carbonyl (C=O) groups is 3. The second-order valence-corrected chi connectivity index (χ2v) is 6.84. The molecule has 0 aromatic heterocycles. The monoisotopic (exact) mass is 415 g/mol. The summed E-state index contributed by atoms with van der Waals surface area (Å²) in [5.74, 6) is -1.78. The van der Waals surface area contributed by atoms with Gasteiger partial charge in [0.15, 0.2) is 0 Å². The van der Waals surface area contributed by atoms with Crippen LogP contribution in [0.5, 0.6) is 5.75 Å². The Morgan fingerprint density at radius 1 is 0.774 bits per heavy atom. The molecule has 0 radical (unpaired) electrons. The summed E-state index contributed by atoms with van der Waals surface area (Å²) >= 11 is 0. The first-order valence-corrected chi connectivity index (χ1v) is 9.51. The molecule has 0 aliphatic rings. The summed E-state index contributed by atoms with van der Waals surface area (Å²) < 4.78 is 5.33. The topological polar surface area (TPSA) is 96.9 Å². The minimum atomic E-state index is -0.888. The molecule has 2 amide bonds. The number of hydrogen-bond acceptors (Lipinski definition) is 5. The van der Waals surface area contributed by atoms with Gasteiger partial charge in [-0.15, -0.1) is 0 Å². The third-order valence-electron chi connectivity index (χ3n) is 4.27. The summed E-state index contributed by atoms with van der Waals surface area (Å²) in [5.41, 5.74) is 5.90. The number of hydrazone groups is 1. The fraction of sp³-hybridized carbons (Fsp3) is 0.0833. The zero-order valence-electron chi connectivity index (χ0n) is 17.1. The van der Waals surface area contributed by atoms with E-state index >= 15 is 0 Å². The predicted molar refractivity (Wildman–Crippen MR) is 118 cm³/mol. The van der Waals surface area contributed by atoms with Gasteiger partial charge in [0, 0.05) is 5.69 Å². The van der Waals surface area contributed by atoms with Crippen LogP contribution in [-0.2, 0) is 9.59 Å². The van der Waals surface area contributed by atoms with Crippen LogP contribution < -0.4 is 15.5 Å². The number of carbonyl (C=O) groups excluding carboxylic acids is 3. The summed E-state index contributed by atoms with van der Waals surface area (Å²) in [6, 6.07) is 20.7. The van der Waals surface area contributed by atoms with Gasteiger partial charge >= 0.3 is 17.8 Å². The van der Waals surface area contributed by atoms with Crippen LogP contribution in [0.15, 0.2) is 77.9 Å². The van der Waals surface area contributed by atoms with Gasteiger partial charge in [-0.25, -0.2) is 10.2 Å². The number of nitrogens with one attached hydrogen (secondary N) is 2. The lowest BCUT2D eigenvalue weighted by Gasteiger charge is -2.05. The summed E-state index contributed by atoms with van der Waals surface area (Å²) in [5, 5.41) is 6.26. The quantitative estimate of drug-likeness (QED) is 0.219. The van der Waals surface area contributed by atoms with E-state index < -0.39 is 17.8 Å². The smallest absolute Gasteiger partial charge is 0.343 e. The summed E-state index contributed by atoms with van der Waals surface area (Å²) in [6.45, 7) is 3.86. The standard InChI is InChI=1S/C24H21N3O4/c1-16-3-9-19(10-4-16)24(30)31-21-13-7-18(8-14-21)15-25-27-23(29)22(28)26-20-11-5-17(2)6-12-20/h3-15H,1-2H3,(H,26,28)(H,27,29)/b25-15+. The molecule has 156 valence electrons. The number of benzene rings is 3. The zero-order valence-corrected chi connectivity index (χ0v) is 17.1. The van der Waals surface area contributed by atoms with Crippen molar-refractivity contribution in [2.75, 3.05) is 5.32 Å². The van der Waals surface area contributed by atoms with E-state index in [1.807, 2.05) is 38.1 Å². The average Bonchev–Trinajstić information content (AvgIpc) is 2.77. The number of ether oxygens (including phenoxy) is 1. The van der Waals surface area contributed by atoms with E-state index in [-0.39, 0.29) is 0 Å². The van der Waals surface area contributed by atoms with Crippen molar-refractivity contribution >= 4 is 29.7 Å². The Morgan fingerprint density at radius 2 is 1.35 bits per heavy atom. The molecule has 31 heavy (non-hydrogen) atoms. The van der Waals surface area contributed by atoms with Crippen LogP contribution >= 0.6 is 0 Å². The minimum Gasteiger partial charge on any atom is -0.423 e. The third-order valence-corrected chi connectivity index (χ3v) is 4.27. The lowest BCUT2D eigenvalue weighted by molar-refractivity contribution is -0.136. The summed E-state index contributed by atoms with van der Waals surface area (Å²) in [6.07, 6.45) is 1.38. The highest BCUT2D eigenvalue weighted by Gasteiger charge is 2.12. The Kier molecular flexibility index (Phi) is 6.90. The van der Waals surface area contributed by atoms with Crippen molar-refractivity contribution < 1.29 is 19.1 Å². The molecule has 0 aliphatic carbocycles. The molecule has 0 unspecified atom stereocenters. The van der Waals surface area contributed by atoms with Crippen LogP contribution in [0, 0.1) is 13.8 Å². The Bertz CT molecular complexity index is 1100. The first-order chi connectivity index (χ1) is 14.9. The number of anilines is 1. The molecule has 3 aromatic rings. The fourth-order valence-electron chi connectivity index (χ4n) is 2.52. The number of esters is 1. The number of hydrogen-bond donors (Lipinski definition) is 2. The van der Waals surface area contributed by atoms with Gasteiger partial charge < -0.3 is 10.1 Å². The van der Waals surface area contributed by atoms with E-state index in [0.29, 0.717) is 22.6 Å². The highest BCUT2D eigenvalue weighted by molar-refractivity contribution is 6.39. The zero-order chi connectivity index (χ0) is 22.2. The van der Waals surface area contributed by atoms with Crippen LogP contribution in [0.3, 0.4) is 0 Å². The molecule has 0 atom stereocenters. The van der Waals surface area contributed by atoms with Gasteiger partial charge in [0.1, 0.15) is 5.75 Å². The molecule has 3 rings (SSSR count). The Morgan fingerprint density at radius 3 is 1.97 bits per heavy atom. The Balaban J connectivity index is 1.50. The van der Waals surface area contributed by atoms with Gasteiger partial charge in [0.05, 0.1) is 11.8 Å². The molecule has 2 N–H and O–H groups in total. The average molecular weight is 415 g/mol. The molecular weight excluding hydrogens is 394 g/mol. The normalized spacial score (nSPS) is 10.5. The first-order valence-electron chi connectivity index (χ1n) is 9.51. The van der Waals surface area contributed by atoms with Crippen molar-refractivity contribution in [2.45, 2.75) is 13.8 Å². The lowest BCUT2D eigenvalue weighted by Crippen LogP contribution is -2.32. The van der Waals surface area contributed by atoms with Crippen LogP contribution in [0.4, 0.5) is 5.69 Å². The summed E-state index contributed by atoms with van der Waals surface area (Å²) in [7, 11) is 0. The van der Waals surface area contributed by atoms with Gasteiger partial charge in [-0.1, -0.05) is 35.4 Å². The predicted octanol–water partition coefficient (Wildman–Crippen LogP) is 3.61. The van der Waals surface area contributed by atoms with Crippen LogP contribution in [-0.4, -0.2) is 24.0 Å². The van der Waals surface area contributed by atoms with Crippen molar-refractivity contribution in [3.8, 4) is 5.75 Å². The molecule has 0 spiro atoms. The molecule has 0 aliphatic heterocycles. The van der Waals surface area contributed by atoms with Gasteiger partial charge in [-0.2, -0.15) is 5.10 Å². The second kappa shape index (κ2) is 9.98. The maximum absolute atomic E-state index is 12.1. The second-order valence-electron chi connectivity index (χ2n) is 6.84. The molecule has 0 bridgehead atoms. The molecule has 3 aromatic carbocycles. The molecule has 7 heteroatoms. The highest BCUT2D eigenvalue weighted by atomic mass is 16.5. The van der Waals surface area contributed by atoms with Gasteiger partial charge in [-0.3, -0.25) is 9.59 Å². The molecule has 0 saturated carbocycles. The molecule has 0 heterocycles. The van der Waals surface area contributed by atoms with Gasteiger partial charge in [0.2, 0.25) is 0 Å². The van der Waals surface area contributed by atoms with Crippen molar-refractivity contribution in [1.29, 1.82) is 0 Å². The van der Waals surface area contributed by atoms with Gasteiger partial charge in [0.25, 0.3) is 0 Å². The molecule has 0 saturated heterocycles. The van der Waals surface area contributed by atoms with E-state index in [1.165, 1.54) is 6.21 Å². The van der Waals surface area contributed by atoms with E-state index in [9.17, 15) is 14.4 Å². The SMILES string of the molecule is Cc1ccc(NC(=O)C(=O)N/N=C/c2ccc(OC(=O)c3ccc(C)cc3)cc2)cc1. The van der Waals surface area contributed by atoms with Crippen LogP contribution in [0.2, 0.25) is 0 Å². The molecular formula is C24H21N3O4. The van der Waals surface area contributed by atoms with E-state index in [1.54, 1.807) is 48.5 Å². The van der Waals surface area contributed by atoms with E-state index in [0.717, 1.165) is 11.1 Å². The van der Waals surface area contributed by atoms with Crippen LogP contribution in [0.25, 0.3) is 0 Å². The fourth-order valence-corrected chi connectivity index (χ4v) is 2.52. The number of nitrogens with zero attached hydrogens (tertiary/aromatic N) is 1. The molecule has 7 nitrogen and oxygen atoms in total. The van der Waals surface area contributed by atoms with Crippen molar-refractivity contribution in [1.82, 2.24) is 5.43 Å². The number of aryl methyl sites for hydroxylation is 2. The van der Waals surface area contributed by atoms with Crippen LogP contribution in [0.1, 0.15) is 27.0 Å². The van der Waals surface area contributed by atoms with E-state index in [2.05, 4.69) is 15.8 Å². The van der Waals surface area contributed by atoms with Crippen molar-refractivity contribution in [3.05, 3.63) is 95.1 Å². The van der Waals surface area contributed by atoms with E-state index in [4.69, 9.17) is 4.74 Å². The number of rotatable bonds is 5.